The highest BCUT2D eigenvalue weighted by atomic mass is 16.3. The van der Waals surface area contributed by atoms with E-state index in [9.17, 15) is 10.2 Å². The Bertz CT molecular complexity index is 637. The maximum atomic E-state index is 10.9. The minimum atomic E-state index is -0.812. The van der Waals surface area contributed by atoms with E-state index in [2.05, 4.69) is 13.0 Å². The molecule has 1 aromatic heterocycles. The molecular weight excluding hydrogens is 288 g/mol. The van der Waals surface area contributed by atoms with Gasteiger partial charge in [-0.05, 0) is 85.2 Å². The van der Waals surface area contributed by atoms with Crippen LogP contribution in [0.1, 0.15) is 69.1 Å². The van der Waals surface area contributed by atoms with Gasteiger partial charge in [0.15, 0.2) is 0 Å². The second-order valence-corrected chi connectivity index (χ2v) is 9.23. The van der Waals surface area contributed by atoms with E-state index in [0.717, 1.165) is 25.7 Å². The molecule has 6 atom stereocenters. The van der Waals surface area contributed by atoms with Crippen molar-refractivity contribution in [1.82, 2.24) is 0 Å². The Morgan fingerprint density at radius 1 is 1.26 bits per heavy atom. The van der Waals surface area contributed by atoms with Crippen LogP contribution >= 0.6 is 0 Å². The molecule has 126 valence electrons. The average molecular weight is 316 g/mol. The van der Waals surface area contributed by atoms with Gasteiger partial charge in [0.25, 0.3) is 0 Å². The highest BCUT2D eigenvalue weighted by molar-refractivity contribution is 5.31. The van der Waals surface area contributed by atoms with Crippen LogP contribution in [0.4, 0.5) is 0 Å². The van der Waals surface area contributed by atoms with Gasteiger partial charge in [-0.3, -0.25) is 0 Å². The molecule has 0 aliphatic heterocycles. The third kappa shape index (κ3) is 1.68. The minimum Gasteiger partial charge on any atom is -0.469 e. The van der Waals surface area contributed by atoms with Crippen LogP contribution in [0.2, 0.25) is 0 Å². The molecule has 1 aromatic rings. The number of furan rings is 1. The summed E-state index contributed by atoms with van der Waals surface area (Å²) in [5.41, 5.74) is 1.26. The second-order valence-electron chi connectivity index (χ2n) is 9.23. The van der Waals surface area contributed by atoms with Crippen molar-refractivity contribution in [3.8, 4) is 0 Å². The van der Waals surface area contributed by atoms with Crippen molar-refractivity contribution in [2.24, 2.45) is 22.7 Å². The predicted molar refractivity (Wildman–Crippen MR) is 87.0 cm³/mol. The highest BCUT2D eigenvalue weighted by Crippen LogP contribution is 2.71. The quantitative estimate of drug-likeness (QED) is 0.831. The van der Waals surface area contributed by atoms with Crippen LogP contribution in [0, 0.1) is 22.7 Å². The summed E-state index contributed by atoms with van der Waals surface area (Å²) in [7, 11) is 0. The van der Waals surface area contributed by atoms with Gasteiger partial charge in [-0.25, -0.2) is 0 Å². The van der Waals surface area contributed by atoms with E-state index in [1.54, 1.807) is 0 Å². The maximum Gasteiger partial charge on any atom is 0.107 e. The SMILES string of the molecule is CC12CCc3occc3C1CCC13CC(CCC12)C(O)(CO)C3. The lowest BCUT2D eigenvalue weighted by Gasteiger charge is -2.59. The van der Waals surface area contributed by atoms with Crippen molar-refractivity contribution in [2.75, 3.05) is 6.61 Å². The number of fused-ring (bicyclic) bond motifs is 5. The molecule has 23 heavy (non-hydrogen) atoms. The lowest BCUT2D eigenvalue weighted by molar-refractivity contribution is -0.0727. The van der Waals surface area contributed by atoms with E-state index in [0.29, 0.717) is 23.2 Å². The zero-order valence-electron chi connectivity index (χ0n) is 14.1. The Hall–Kier alpha value is -0.800. The fourth-order valence-electron chi connectivity index (χ4n) is 7.51. The smallest absolute Gasteiger partial charge is 0.107 e. The topological polar surface area (TPSA) is 53.6 Å². The summed E-state index contributed by atoms with van der Waals surface area (Å²) in [6.07, 6.45) is 10.9. The summed E-state index contributed by atoms with van der Waals surface area (Å²) in [6.45, 7) is 2.45. The summed E-state index contributed by atoms with van der Waals surface area (Å²) in [5.74, 6) is 2.85. The Balaban J connectivity index is 1.56. The van der Waals surface area contributed by atoms with Crippen LogP contribution in [0.15, 0.2) is 16.7 Å². The maximum absolute atomic E-state index is 10.9. The fourth-order valence-corrected chi connectivity index (χ4v) is 7.51. The third-order valence-corrected chi connectivity index (χ3v) is 8.46. The van der Waals surface area contributed by atoms with Gasteiger partial charge in [-0.1, -0.05) is 6.92 Å². The Kier molecular flexibility index (Phi) is 2.80. The molecule has 0 saturated heterocycles. The summed E-state index contributed by atoms with van der Waals surface area (Å²) in [4.78, 5) is 0. The van der Waals surface area contributed by atoms with Crippen molar-refractivity contribution < 1.29 is 14.6 Å². The van der Waals surface area contributed by atoms with Gasteiger partial charge in [-0.15, -0.1) is 0 Å². The monoisotopic (exact) mass is 316 g/mol. The molecule has 3 fully saturated rings. The summed E-state index contributed by atoms with van der Waals surface area (Å²) in [6, 6.07) is 2.21. The standard InChI is InChI=1S/C20H28O3/c1-18-7-5-16-14(6-9-23-16)15(18)4-8-19-10-13(2-3-17(18)19)20(22,11-19)12-21/h6,9,13,15,17,21-22H,2-5,7-8,10-12H2,1H3. The van der Waals surface area contributed by atoms with Gasteiger partial charge in [0, 0.05) is 6.42 Å². The van der Waals surface area contributed by atoms with Gasteiger partial charge in [0.05, 0.1) is 18.5 Å². The molecule has 0 radical (unpaired) electrons. The first-order valence-corrected chi connectivity index (χ1v) is 9.40. The molecule has 1 spiro atoms. The molecule has 0 aromatic carbocycles. The van der Waals surface area contributed by atoms with E-state index in [1.165, 1.54) is 37.0 Å². The van der Waals surface area contributed by atoms with Crippen LogP contribution in [-0.2, 0) is 6.42 Å². The molecule has 1 heterocycles. The number of hydrogen-bond acceptors (Lipinski definition) is 3. The Morgan fingerprint density at radius 2 is 2.13 bits per heavy atom. The molecule has 5 rings (SSSR count). The number of hydrogen-bond donors (Lipinski definition) is 2. The van der Waals surface area contributed by atoms with Crippen LogP contribution in [-0.4, -0.2) is 22.4 Å². The van der Waals surface area contributed by atoms with Crippen LogP contribution < -0.4 is 0 Å². The summed E-state index contributed by atoms with van der Waals surface area (Å²) in [5, 5.41) is 20.7. The first kappa shape index (κ1) is 14.5. The Labute approximate surface area is 138 Å². The van der Waals surface area contributed by atoms with E-state index >= 15 is 0 Å². The van der Waals surface area contributed by atoms with E-state index in [1.807, 2.05) is 6.26 Å². The van der Waals surface area contributed by atoms with Crippen molar-refractivity contribution in [1.29, 1.82) is 0 Å². The third-order valence-electron chi connectivity index (χ3n) is 8.46. The van der Waals surface area contributed by atoms with Crippen molar-refractivity contribution in [3.05, 3.63) is 23.7 Å². The number of aliphatic hydroxyl groups is 2. The Morgan fingerprint density at radius 3 is 2.96 bits per heavy atom. The largest absolute Gasteiger partial charge is 0.469 e. The molecule has 6 unspecified atom stereocenters. The zero-order valence-corrected chi connectivity index (χ0v) is 14.1. The molecule has 4 aliphatic carbocycles. The number of aliphatic hydroxyl groups excluding tert-OH is 1. The molecule has 0 amide bonds. The van der Waals surface area contributed by atoms with Gasteiger partial charge < -0.3 is 14.6 Å². The van der Waals surface area contributed by atoms with E-state index in [-0.39, 0.29) is 12.0 Å². The van der Waals surface area contributed by atoms with Crippen molar-refractivity contribution >= 4 is 0 Å². The highest BCUT2D eigenvalue weighted by Gasteiger charge is 2.65. The van der Waals surface area contributed by atoms with Gasteiger partial charge in [0.1, 0.15) is 5.76 Å². The van der Waals surface area contributed by atoms with Crippen molar-refractivity contribution in [2.45, 2.75) is 69.8 Å². The molecule has 2 bridgehead atoms. The zero-order chi connectivity index (χ0) is 15.9. The van der Waals surface area contributed by atoms with E-state index in [4.69, 9.17) is 4.42 Å². The van der Waals surface area contributed by atoms with Crippen LogP contribution in [0.5, 0.6) is 0 Å². The average Bonchev–Trinajstić information content (AvgIpc) is 3.09. The number of rotatable bonds is 1. The molecular formula is C20H28O3. The lowest BCUT2D eigenvalue weighted by Crippen LogP contribution is -2.51. The summed E-state index contributed by atoms with van der Waals surface area (Å²) < 4.78 is 5.72. The normalized spacial score (nSPS) is 51.0. The minimum absolute atomic E-state index is 0.0574. The predicted octanol–water partition coefficient (Wildman–Crippen LogP) is 3.64. The second kappa shape index (κ2) is 4.43. The first-order chi connectivity index (χ1) is 11.0. The lowest BCUT2D eigenvalue weighted by atomic mass is 9.45. The van der Waals surface area contributed by atoms with Gasteiger partial charge in [-0.2, -0.15) is 0 Å². The summed E-state index contributed by atoms with van der Waals surface area (Å²) >= 11 is 0. The van der Waals surface area contributed by atoms with Gasteiger partial charge >= 0.3 is 0 Å². The van der Waals surface area contributed by atoms with E-state index < -0.39 is 5.60 Å². The van der Waals surface area contributed by atoms with Crippen LogP contribution in [0.3, 0.4) is 0 Å². The molecule has 2 N–H and O–H groups in total. The van der Waals surface area contributed by atoms with Gasteiger partial charge in [0.2, 0.25) is 0 Å². The fraction of sp³-hybridized carbons (Fsp3) is 0.800. The molecule has 3 nitrogen and oxygen atoms in total. The molecule has 3 heteroatoms. The first-order valence-electron chi connectivity index (χ1n) is 9.40. The van der Waals surface area contributed by atoms with Crippen molar-refractivity contribution in [3.63, 3.8) is 0 Å². The molecule has 4 aliphatic rings. The molecule has 3 saturated carbocycles. The van der Waals surface area contributed by atoms with Crippen LogP contribution in [0.25, 0.3) is 0 Å². The number of aryl methyl sites for hydroxylation is 1.